The van der Waals surface area contributed by atoms with E-state index in [0.29, 0.717) is 25.9 Å². The van der Waals surface area contributed by atoms with Crippen LogP contribution in [0.3, 0.4) is 0 Å². The first-order valence-electron chi connectivity index (χ1n) is 40.7. The number of aliphatic hydroxyl groups excluding tert-OH is 2. The zero-order valence-electron chi connectivity index (χ0n) is 60.4. The molecule has 89 heavy (non-hydrogen) atoms. The molecule has 0 aliphatic rings. The number of nitrogens with one attached hydrogen (secondary N) is 1. The molecule has 1 amide bonds. The summed E-state index contributed by atoms with van der Waals surface area (Å²) in [6, 6.07) is -0.541. The van der Waals surface area contributed by atoms with E-state index in [9.17, 15) is 19.8 Å². The molecule has 0 saturated heterocycles. The Bertz CT molecular complexity index is 1440. The van der Waals surface area contributed by atoms with Gasteiger partial charge in [0, 0.05) is 12.8 Å². The fourth-order valence-electron chi connectivity index (χ4n) is 13.0. The number of ether oxygens (including phenoxy) is 1. The maximum absolute atomic E-state index is 12.6. The van der Waals surface area contributed by atoms with Crippen molar-refractivity contribution in [1.29, 1.82) is 0 Å². The standard InChI is InChI=1S/C83H159NO5/c1-3-5-7-9-11-13-15-17-18-19-20-21-22-36-39-42-45-48-52-55-59-63-67-71-75-81(86)80(79-85)84-82(87)76-72-68-64-60-56-53-49-46-43-40-37-34-32-30-28-26-24-23-25-27-29-31-33-35-38-41-44-47-50-54-58-62-66-70-74-78-89-83(88)77-73-69-65-61-57-51-16-14-12-10-8-6-4-2/h14,16,25,27,31,33,80-81,85-86H,3-13,15,17-24,26,28-30,32,34-79H2,1-2H3,(H,84,87)/b16-14-,27-25-,33-31-. The summed E-state index contributed by atoms with van der Waals surface area (Å²) in [5.74, 6) is -0.0189. The number of allylic oxidation sites excluding steroid dienone is 6. The fraction of sp³-hybridized carbons (Fsp3) is 0.904. The van der Waals surface area contributed by atoms with Gasteiger partial charge >= 0.3 is 5.97 Å². The number of amides is 1. The summed E-state index contributed by atoms with van der Waals surface area (Å²) in [5.41, 5.74) is 0. The smallest absolute Gasteiger partial charge is 0.305 e. The molecule has 0 aromatic carbocycles. The lowest BCUT2D eigenvalue weighted by Crippen LogP contribution is -2.45. The highest BCUT2D eigenvalue weighted by atomic mass is 16.5. The van der Waals surface area contributed by atoms with Gasteiger partial charge in [-0.3, -0.25) is 9.59 Å². The van der Waals surface area contributed by atoms with Crippen LogP contribution in [-0.4, -0.2) is 47.4 Å². The van der Waals surface area contributed by atoms with Crippen LogP contribution in [0.5, 0.6) is 0 Å². The Morgan fingerprint density at radius 2 is 0.562 bits per heavy atom. The molecule has 6 nitrogen and oxygen atoms in total. The Hall–Kier alpha value is -1.92. The van der Waals surface area contributed by atoms with E-state index in [1.807, 2.05) is 0 Å². The van der Waals surface area contributed by atoms with E-state index in [0.717, 1.165) is 51.4 Å². The summed E-state index contributed by atoms with van der Waals surface area (Å²) >= 11 is 0. The van der Waals surface area contributed by atoms with Gasteiger partial charge in [0.2, 0.25) is 5.91 Å². The van der Waals surface area contributed by atoms with E-state index >= 15 is 0 Å². The Morgan fingerprint density at radius 3 is 0.876 bits per heavy atom. The summed E-state index contributed by atoms with van der Waals surface area (Å²) in [4.78, 5) is 24.6. The second-order valence-electron chi connectivity index (χ2n) is 28.1. The molecule has 0 heterocycles. The van der Waals surface area contributed by atoms with E-state index in [1.165, 1.54) is 372 Å². The van der Waals surface area contributed by atoms with Crippen molar-refractivity contribution in [3.8, 4) is 0 Å². The molecule has 2 atom stereocenters. The molecule has 3 N–H and O–H groups in total. The Kier molecular flexibility index (Phi) is 76.8. The molecule has 0 aliphatic carbocycles. The number of hydrogen-bond donors (Lipinski definition) is 3. The molecular weight excluding hydrogens is 1090 g/mol. The van der Waals surface area contributed by atoms with Crippen molar-refractivity contribution in [2.45, 2.75) is 469 Å². The molecule has 0 aromatic rings. The molecule has 0 bridgehead atoms. The van der Waals surface area contributed by atoms with Crippen LogP contribution in [0.4, 0.5) is 0 Å². The third-order valence-electron chi connectivity index (χ3n) is 19.2. The van der Waals surface area contributed by atoms with Crippen LogP contribution in [0.1, 0.15) is 457 Å². The van der Waals surface area contributed by atoms with Crippen molar-refractivity contribution in [1.82, 2.24) is 5.32 Å². The molecule has 526 valence electrons. The highest BCUT2D eigenvalue weighted by molar-refractivity contribution is 5.76. The predicted molar refractivity (Wildman–Crippen MR) is 393 cm³/mol. The van der Waals surface area contributed by atoms with Crippen molar-refractivity contribution in [2.75, 3.05) is 13.2 Å². The van der Waals surface area contributed by atoms with Gasteiger partial charge in [0.15, 0.2) is 0 Å². The van der Waals surface area contributed by atoms with Crippen molar-refractivity contribution in [2.24, 2.45) is 0 Å². The van der Waals surface area contributed by atoms with Crippen molar-refractivity contribution >= 4 is 11.9 Å². The largest absolute Gasteiger partial charge is 0.466 e. The van der Waals surface area contributed by atoms with Gasteiger partial charge in [0.25, 0.3) is 0 Å². The molecule has 2 unspecified atom stereocenters. The molecule has 0 radical (unpaired) electrons. The Morgan fingerprint density at radius 1 is 0.315 bits per heavy atom. The topological polar surface area (TPSA) is 95.9 Å². The molecular formula is C83H159NO5. The van der Waals surface area contributed by atoms with Gasteiger partial charge in [-0.2, -0.15) is 0 Å². The minimum Gasteiger partial charge on any atom is -0.466 e. The van der Waals surface area contributed by atoms with Crippen LogP contribution < -0.4 is 5.32 Å². The third-order valence-corrected chi connectivity index (χ3v) is 19.2. The number of unbranched alkanes of at least 4 members (excludes halogenated alkanes) is 60. The van der Waals surface area contributed by atoms with Crippen LogP contribution in [-0.2, 0) is 14.3 Å². The van der Waals surface area contributed by atoms with Crippen LogP contribution in [0.15, 0.2) is 36.5 Å². The second kappa shape index (κ2) is 78.5. The first-order valence-corrected chi connectivity index (χ1v) is 40.7. The monoisotopic (exact) mass is 1250 g/mol. The lowest BCUT2D eigenvalue weighted by molar-refractivity contribution is -0.143. The summed E-state index contributed by atoms with van der Waals surface area (Å²) in [6.07, 6.45) is 102. The van der Waals surface area contributed by atoms with Crippen LogP contribution >= 0.6 is 0 Å². The van der Waals surface area contributed by atoms with E-state index in [2.05, 4.69) is 55.6 Å². The fourth-order valence-corrected chi connectivity index (χ4v) is 13.0. The third kappa shape index (κ3) is 75.0. The summed E-state index contributed by atoms with van der Waals surface area (Å²) < 4.78 is 5.48. The van der Waals surface area contributed by atoms with Gasteiger partial charge in [-0.1, -0.05) is 397 Å². The van der Waals surface area contributed by atoms with Crippen molar-refractivity contribution < 1.29 is 24.5 Å². The first kappa shape index (κ1) is 87.1. The number of carbonyl (C=O) groups excluding carboxylic acids is 2. The molecule has 0 spiro atoms. The van der Waals surface area contributed by atoms with E-state index in [4.69, 9.17) is 4.74 Å². The van der Waals surface area contributed by atoms with E-state index in [-0.39, 0.29) is 18.5 Å². The number of carbonyl (C=O) groups is 2. The maximum Gasteiger partial charge on any atom is 0.305 e. The zero-order valence-corrected chi connectivity index (χ0v) is 60.4. The minimum absolute atomic E-state index is 0.00819. The number of aliphatic hydroxyl groups is 2. The molecule has 0 aromatic heterocycles. The SMILES string of the molecule is CCCCCC/C=C\CCCCCCCC(=O)OCCCCCCCCCCCCC/C=C\C/C=C\CCCCCCCCCCCCCCCCCCCC(=O)NC(CO)C(O)CCCCCCCCCCCCCCCCCCCCCCCCCC. The lowest BCUT2D eigenvalue weighted by Gasteiger charge is -2.22. The van der Waals surface area contributed by atoms with Gasteiger partial charge in [-0.25, -0.2) is 0 Å². The first-order chi connectivity index (χ1) is 44.0. The van der Waals surface area contributed by atoms with Crippen molar-refractivity contribution in [3.63, 3.8) is 0 Å². The van der Waals surface area contributed by atoms with Crippen LogP contribution in [0.25, 0.3) is 0 Å². The number of hydrogen-bond acceptors (Lipinski definition) is 5. The summed E-state index contributed by atoms with van der Waals surface area (Å²) in [5, 5.41) is 23.5. The average Bonchev–Trinajstić information content (AvgIpc) is 3.64. The van der Waals surface area contributed by atoms with Crippen molar-refractivity contribution in [3.05, 3.63) is 36.5 Å². The maximum atomic E-state index is 12.6. The summed E-state index contributed by atoms with van der Waals surface area (Å²) in [7, 11) is 0. The van der Waals surface area contributed by atoms with Gasteiger partial charge < -0.3 is 20.3 Å². The highest BCUT2D eigenvalue weighted by Gasteiger charge is 2.20. The molecule has 0 aliphatic heterocycles. The Labute approximate surface area is 557 Å². The lowest BCUT2D eigenvalue weighted by atomic mass is 10.0. The number of esters is 1. The van der Waals surface area contributed by atoms with Gasteiger partial charge in [0.1, 0.15) is 0 Å². The van der Waals surface area contributed by atoms with Crippen LogP contribution in [0, 0.1) is 0 Å². The van der Waals surface area contributed by atoms with Gasteiger partial charge in [-0.05, 0) is 83.5 Å². The average molecular weight is 1250 g/mol. The van der Waals surface area contributed by atoms with E-state index < -0.39 is 12.1 Å². The minimum atomic E-state index is -0.664. The van der Waals surface area contributed by atoms with E-state index in [1.54, 1.807) is 0 Å². The number of rotatable bonds is 77. The molecule has 0 saturated carbocycles. The predicted octanol–water partition coefficient (Wildman–Crippen LogP) is 27.0. The normalized spacial score (nSPS) is 12.6. The van der Waals surface area contributed by atoms with Crippen LogP contribution in [0.2, 0.25) is 0 Å². The van der Waals surface area contributed by atoms with Gasteiger partial charge in [-0.15, -0.1) is 0 Å². The Balaban J connectivity index is 3.37. The second-order valence-corrected chi connectivity index (χ2v) is 28.1. The summed E-state index contributed by atoms with van der Waals surface area (Å²) in [6.45, 7) is 4.98. The molecule has 0 fully saturated rings. The highest BCUT2D eigenvalue weighted by Crippen LogP contribution is 2.20. The quantitative estimate of drug-likeness (QED) is 0.0320. The zero-order chi connectivity index (χ0) is 64.2. The molecule has 0 rings (SSSR count). The molecule has 6 heteroatoms. The van der Waals surface area contributed by atoms with Gasteiger partial charge in [0.05, 0.1) is 25.4 Å².